The van der Waals surface area contributed by atoms with Gasteiger partial charge in [-0.3, -0.25) is 0 Å². The lowest BCUT2D eigenvalue weighted by Gasteiger charge is -2.01. The van der Waals surface area contributed by atoms with E-state index in [-0.39, 0.29) is 0 Å². The standard InChI is InChI=1S/C11H8N4/c1-8-5-9(10(6-12)15-7-8)11-13-3-2-4-14-11/h2-5,7H,1H3. The van der Waals surface area contributed by atoms with Crippen LogP contribution >= 0.6 is 0 Å². The molecule has 4 nitrogen and oxygen atoms in total. The molecule has 0 saturated heterocycles. The number of rotatable bonds is 1. The van der Waals surface area contributed by atoms with Crippen LogP contribution in [0.4, 0.5) is 0 Å². The highest BCUT2D eigenvalue weighted by atomic mass is 14.9. The van der Waals surface area contributed by atoms with Crippen molar-refractivity contribution in [1.82, 2.24) is 15.0 Å². The molecule has 0 unspecified atom stereocenters. The smallest absolute Gasteiger partial charge is 0.162 e. The quantitative estimate of drug-likeness (QED) is 0.696. The van der Waals surface area contributed by atoms with Crippen LogP contribution in [-0.2, 0) is 0 Å². The Hall–Kier alpha value is -2.28. The normalized spacial score (nSPS) is 9.60. The van der Waals surface area contributed by atoms with Crippen LogP contribution in [0.5, 0.6) is 0 Å². The first-order valence-electron chi connectivity index (χ1n) is 4.45. The Labute approximate surface area is 87.3 Å². The molecule has 0 spiro atoms. The van der Waals surface area contributed by atoms with Gasteiger partial charge in [0.25, 0.3) is 0 Å². The molecule has 2 rings (SSSR count). The summed E-state index contributed by atoms with van der Waals surface area (Å²) in [5.74, 6) is 0.533. The van der Waals surface area contributed by atoms with Crippen molar-refractivity contribution in [2.45, 2.75) is 6.92 Å². The second kappa shape index (κ2) is 3.84. The van der Waals surface area contributed by atoms with E-state index >= 15 is 0 Å². The molecule has 15 heavy (non-hydrogen) atoms. The summed E-state index contributed by atoms with van der Waals surface area (Å²) >= 11 is 0. The van der Waals surface area contributed by atoms with Crippen LogP contribution < -0.4 is 0 Å². The van der Waals surface area contributed by atoms with Gasteiger partial charge in [0, 0.05) is 18.6 Å². The van der Waals surface area contributed by atoms with Gasteiger partial charge < -0.3 is 0 Å². The summed E-state index contributed by atoms with van der Waals surface area (Å²) in [5.41, 5.74) is 2.02. The van der Waals surface area contributed by atoms with Crippen LogP contribution in [-0.4, -0.2) is 15.0 Å². The Morgan fingerprint density at radius 3 is 2.60 bits per heavy atom. The fourth-order valence-corrected chi connectivity index (χ4v) is 1.27. The SMILES string of the molecule is Cc1cnc(C#N)c(-c2ncccn2)c1. The fourth-order valence-electron chi connectivity index (χ4n) is 1.27. The van der Waals surface area contributed by atoms with Gasteiger partial charge in [-0.2, -0.15) is 5.26 Å². The summed E-state index contributed by atoms with van der Waals surface area (Å²) in [7, 11) is 0. The summed E-state index contributed by atoms with van der Waals surface area (Å²) in [6, 6.07) is 5.63. The number of nitriles is 1. The predicted molar refractivity (Wildman–Crippen MR) is 54.7 cm³/mol. The number of aromatic nitrogens is 3. The molecule has 0 saturated carbocycles. The summed E-state index contributed by atoms with van der Waals surface area (Å²) in [5, 5.41) is 8.90. The molecule has 2 aromatic heterocycles. The second-order valence-corrected chi connectivity index (χ2v) is 3.09. The van der Waals surface area contributed by atoms with Gasteiger partial charge >= 0.3 is 0 Å². The number of hydrogen-bond acceptors (Lipinski definition) is 4. The minimum Gasteiger partial charge on any atom is -0.245 e. The van der Waals surface area contributed by atoms with Crippen molar-refractivity contribution in [2.24, 2.45) is 0 Å². The zero-order chi connectivity index (χ0) is 10.7. The molecule has 0 aliphatic carbocycles. The van der Waals surface area contributed by atoms with Crippen molar-refractivity contribution < 1.29 is 0 Å². The molecule has 0 amide bonds. The Balaban J connectivity index is 2.62. The fraction of sp³-hybridized carbons (Fsp3) is 0.0909. The van der Waals surface area contributed by atoms with E-state index in [0.29, 0.717) is 17.1 Å². The van der Waals surface area contributed by atoms with Crippen molar-refractivity contribution >= 4 is 0 Å². The van der Waals surface area contributed by atoms with E-state index in [9.17, 15) is 0 Å². The molecule has 2 heterocycles. The van der Waals surface area contributed by atoms with Crippen molar-refractivity contribution in [2.75, 3.05) is 0 Å². The highest BCUT2D eigenvalue weighted by Gasteiger charge is 2.08. The highest BCUT2D eigenvalue weighted by Crippen LogP contribution is 2.18. The molecule has 2 aromatic rings. The largest absolute Gasteiger partial charge is 0.245 e. The summed E-state index contributed by atoms with van der Waals surface area (Å²) < 4.78 is 0. The molecule has 0 aliphatic heterocycles. The molecular weight excluding hydrogens is 188 g/mol. The average molecular weight is 196 g/mol. The monoisotopic (exact) mass is 196 g/mol. The Bertz CT molecular complexity index is 514. The maximum Gasteiger partial charge on any atom is 0.162 e. The second-order valence-electron chi connectivity index (χ2n) is 3.09. The van der Waals surface area contributed by atoms with Crippen LogP contribution in [0.1, 0.15) is 11.3 Å². The van der Waals surface area contributed by atoms with Crippen molar-refractivity contribution in [3.05, 3.63) is 42.0 Å². The van der Waals surface area contributed by atoms with E-state index in [1.807, 2.05) is 19.1 Å². The van der Waals surface area contributed by atoms with Crippen molar-refractivity contribution in [3.63, 3.8) is 0 Å². The molecule has 0 bridgehead atoms. The Morgan fingerprint density at radius 1 is 1.20 bits per heavy atom. The molecule has 72 valence electrons. The van der Waals surface area contributed by atoms with Gasteiger partial charge in [0.05, 0.1) is 5.56 Å². The first-order valence-corrected chi connectivity index (χ1v) is 4.45. The number of hydrogen-bond donors (Lipinski definition) is 0. The van der Waals surface area contributed by atoms with Crippen molar-refractivity contribution in [3.8, 4) is 17.5 Å². The molecule has 0 N–H and O–H groups in total. The minimum atomic E-state index is 0.354. The topological polar surface area (TPSA) is 62.5 Å². The van der Waals surface area contributed by atoms with Gasteiger partial charge in [0.1, 0.15) is 6.07 Å². The Morgan fingerprint density at radius 2 is 1.93 bits per heavy atom. The van der Waals surface area contributed by atoms with Crippen LogP contribution in [0, 0.1) is 18.3 Å². The summed E-state index contributed by atoms with van der Waals surface area (Å²) in [6.45, 7) is 1.92. The molecule has 0 atom stereocenters. The minimum absolute atomic E-state index is 0.354. The maximum atomic E-state index is 8.90. The van der Waals surface area contributed by atoms with E-state index in [4.69, 9.17) is 5.26 Å². The molecule has 4 heteroatoms. The third-order valence-corrected chi connectivity index (χ3v) is 1.94. The van der Waals surface area contributed by atoms with Gasteiger partial charge in [0.15, 0.2) is 11.5 Å². The van der Waals surface area contributed by atoms with Crippen molar-refractivity contribution in [1.29, 1.82) is 5.26 Å². The number of aryl methyl sites for hydroxylation is 1. The van der Waals surface area contributed by atoms with E-state index < -0.39 is 0 Å². The van der Waals surface area contributed by atoms with E-state index in [2.05, 4.69) is 15.0 Å². The van der Waals surface area contributed by atoms with Gasteiger partial charge in [-0.15, -0.1) is 0 Å². The lowest BCUT2D eigenvalue weighted by Crippen LogP contribution is -1.94. The van der Waals surface area contributed by atoms with E-state index in [1.54, 1.807) is 24.7 Å². The summed E-state index contributed by atoms with van der Waals surface area (Å²) in [6.07, 6.45) is 4.95. The first-order chi connectivity index (χ1) is 7.31. The lowest BCUT2D eigenvalue weighted by molar-refractivity contribution is 1.14. The average Bonchev–Trinajstić information content (AvgIpc) is 2.30. The molecular formula is C11H8N4. The number of pyridine rings is 1. The first kappa shape index (κ1) is 9.28. The van der Waals surface area contributed by atoms with Crippen LogP contribution in [0.25, 0.3) is 11.4 Å². The zero-order valence-electron chi connectivity index (χ0n) is 8.18. The molecule has 0 aliphatic rings. The van der Waals surface area contributed by atoms with E-state index in [1.165, 1.54) is 0 Å². The lowest BCUT2D eigenvalue weighted by atomic mass is 10.1. The Kier molecular flexibility index (Phi) is 2.38. The van der Waals surface area contributed by atoms with Crippen LogP contribution in [0.15, 0.2) is 30.7 Å². The van der Waals surface area contributed by atoms with Gasteiger partial charge in [-0.25, -0.2) is 15.0 Å². The van der Waals surface area contributed by atoms with Crippen LogP contribution in [0.3, 0.4) is 0 Å². The third kappa shape index (κ3) is 1.81. The van der Waals surface area contributed by atoms with Gasteiger partial charge in [0.2, 0.25) is 0 Å². The predicted octanol–water partition coefficient (Wildman–Crippen LogP) is 1.72. The van der Waals surface area contributed by atoms with Gasteiger partial charge in [-0.1, -0.05) is 0 Å². The van der Waals surface area contributed by atoms with Crippen LogP contribution in [0.2, 0.25) is 0 Å². The van der Waals surface area contributed by atoms with E-state index in [0.717, 1.165) is 5.56 Å². The maximum absolute atomic E-state index is 8.90. The molecule has 0 fully saturated rings. The summed E-state index contributed by atoms with van der Waals surface area (Å²) in [4.78, 5) is 12.2. The zero-order valence-corrected chi connectivity index (χ0v) is 8.18. The highest BCUT2D eigenvalue weighted by molar-refractivity contribution is 5.62. The number of nitrogens with zero attached hydrogens (tertiary/aromatic N) is 4. The molecule has 0 radical (unpaired) electrons. The molecule has 0 aromatic carbocycles. The third-order valence-electron chi connectivity index (χ3n) is 1.94. The van der Waals surface area contributed by atoms with Gasteiger partial charge in [-0.05, 0) is 24.6 Å².